The lowest BCUT2D eigenvalue weighted by atomic mass is 9.95. The highest BCUT2D eigenvalue weighted by molar-refractivity contribution is 6.11. The fourth-order valence-electron chi connectivity index (χ4n) is 4.94. The maximum Gasteiger partial charge on any atom is 0.410 e. The summed E-state index contributed by atoms with van der Waals surface area (Å²) in [6, 6.07) is 13.5. The molecule has 0 aliphatic carbocycles. The molecule has 2 aromatic carbocycles. The molecule has 1 aliphatic heterocycles. The van der Waals surface area contributed by atoms with Crippen LogP contribution >= 0.6 is 0 Å². The van der Waals surface area contributed by atoms with Gasteiger partial charge in [-0.05, 0) is 49.1 Å². The number of carbonyl (C=O) groups excluding carboxylic acids is 6. The van der Waals surface area contributed by atoms with E-state index in [1.165, 1.54) is 13.8 Å². The van der Waals surface area contributed by atoms with Crippen LogP contribution in [0.5, 0.6) is 0 Å². The zero-order chi connectivity index (χ0) is 36.0. The topological polar surface area (TPSA) is 183 Å². The van der Waals surface area contributed by atoms with Crippen molar-refractivity contribution in [3.05, 3.63) is 71.8 Å². The van der Waals surface area contributed by atoms with Crippen LogP contribution in [0, 0.1) is 5.92 Å². The molecule has 15 heteroatoms. The molecule has 2 aromatic rings. The molecule has 0 aromatic heterocycles. The number of alkyl carbamates (subject to hydrolysis) is 1. The van der Waals surface area contributed by atoms with E-state index in [2.05, 4.69) is 15.4 Å². The van der Waals surface area contributed by atoms with E-state index < -0.39 is 65.8 Å². The number of carbonyl (C=O) groups is 6. The van der Waals surface area contributed by atoms with Gasteiger partial charge in [0.1, 0.15) is 25.3 Å². The first-order chi connectivity index (χ1) is 23.3. The largest absolute Gasteiger partial charge is 0.445 e. The Labute approximate surface area is 282 Å². The van der Waals surface area contributed by atoms with E-state index in [9.17, 15) is 28.8 Å². The van der Waals surface area contributed by atoms with Gasteiger partial charge in [-0.1, -0.05) is 74.5 Å². The molecule has 49 heavy (non-hydrogen) atoms. The van der Waals surface area contributed by atoms with Crippen LogP contribution < -0.4 is 16.4 Å². The Hall–Kier alpha value is -4.92. The number of alkyl halides is 2. The Balaban J connectivity index is 1.45. The van der Waals surface area contributed by atoms with E-state index in [-0.39, 0.29) is 45.6 Å². The van der Waals surface area contributed by atoms with Crippen LogP contribution in [-0.4, -0.2) is 77.9 Å². The van der Waals surface area contributed by atoms with Crippen molar-refractivity contribution in [1.29, 1.82) is 0 Å². The predicted octanol–water partition coefficient (Wildman–Crippen LogP) is 3.63. The molecule has 1 saturated heterocycles. The van der Waals surface area contributed by atoms with Crippen LogP contribution in [0.25, 0.3) is 0 Å². The van der Waals surface area contributed by atoms with Gasteiger partial charge in [0.25, 0.3) is 0 Å². The molecule has 3 atom stereocenters. The number of benzene rings is 2. The van der Waals surface area contributed by atoms with Crippen LogP contribution in [0.3, 0.4) is 0 Å². The molecule has 1 fully saturated rings. The first kappa shape index (κ1) is 38.5. The number of rotatable bonds is 16. The molecule has 1 heterocycles. The summed E-state index contributed by atoms with van der Waals surface area (Å²) in [6.45, 7) is 3.15. The number of unbranched alkanes of at least 4 members (excludes halogenated alkanes) is 1. The zero-order valence-corrected chi connectivity index (χ0v) is 27.4. The number of ether oxygens (including phenoxy) is 3. The van der Waals surface area contributed by atoms with Crippen molar-refractivity contribution in [2.45, 2.75) is 83.2 Å². The molecular formula is C34H42F2N4O9. The van der Waals surface area contributed by atoms with Crippen molar-refractivity contribution >= 4 is 35.8 Å². The van der Waals surface area contributed by atoms with Crippen LogP contribution in [-0.2, 0) is 46.6 Å². The average molecular weight is 689 g/mol. The fraction of sp³-hybridized carbons (Fsp3) is 0.471. The lowest BCUT2D eigenvalue weighted by Gasteiger charge is -2.28. The van der Waals surface area contributed by atoms with Gasteiger partial charge in [-0.2, -0.15) is 8.78 Å². The summed E-state index contributed by atoms with van der Waals surface area (Å²) in [5.74, 6) is -12.4. The number of hydrogen-bond donors (Lipinski definition) is 3. The molecule has 0 spiro atoms. The van der Waals surface area contributed by atoms with Crippen molar-refractivity contribution in [3.63, 3.8) is 0 Å². The minimum atomic E-state index is -4.80. The summed E-state index contributed by atoms with van der Waals surface area (Å²) in [7, 11) is 0. The second-order valence-corrected chi connectivity index (χ2v) is 11.9. The van der Waals surface area contributed by atoms with Gasteiger partial charge in [-0.25, -0.2) is 19.2 Å². The third-order valence-electron chi connectivity index (χ3n) is 7.73. The smallest absolute Gasteiger partial charge is 0.410 e. The van der Waals surface area contributed by atoms with Crippen LogP contribution in [0.1, 0.15) is 57.1 Å². The van der Waals surface area contributed by atoms with Gasteiger partial charge in [0, 0.05) is 13.1 Å². The lowest BCUT2D eigenvalue weighted by Crippen LogP contribution is -2.57. The maximum absolute atomic E-state index is 15.0. The van der Waals surface area contributed by atoms with Gasteiger partial charge in [0.15, 0.2) is 0 Å². The van der Waals surface area contributed by atoms with Gasteiger partial charge >= 0.3 is 30.0 Å². The summed E-state index contributed by atoms with van der Waals surface area (Å²) in [4.78, 5) is 76.3. The second kappa shape index (κ2) is 18.6. The van der Waals surface area contributed by atoms with E-state index in [0.29, 0.717) is 12.8 Å². The molecule has 266 valence electrons. The van der Waals surface area contributed by atoms with Gasteiger partial charge in [-0.15, -0.1) is 0 Å². The minimum Gasteiger partial charge on any atom is -0.445 e. The van der Waals surface area contributed by atoms with Gasteiger partial charge in [-0.3, -0.25) is 14.5 Å². The molecular weight excluding hydrogens is 646 g/mol. The fourth-order valence-corrected chi connectivity index (χ4v) is 4.94. The number of nitrogens with one attached hydrogen (secondary N) is 2. The minimum absolute atomic E-state index is 0.0441. The van der Waals surface area contributed by atoms with Crippen LogP contribution in [0.15, 0.2) is 60.7 Å². The standard InChI is InChI=1S/C34H42F2N4O9/c1-22(2)27(39-29(42)26-17-11-19-40(26)33(46)48-21-24-14-7-4-8-15-24)28(41)34(35,36)31(44)49-30(43)25(37)16-9-10-18-38-32(45)47-20-23-12-5-3-6-13-23/h3-8,12-15,22,25-27H,9-11,16-21,37H2,1-2H3,(H,38,45)(H,39,42)/t25-,26?,27?/m0/s1. The Morgan fingerprint density at radius 3 is 2.10 bits per heavy atom. The summed E-state index contributed by atoms with van der Waals surface area (Å²) in [5.41, 5.74) is 7.24. The molecule has 13 nitrogen and oxygen atoms in total. The molecule has 0 radical (unpaired) electrons. The van der Waals surface area contributed by atoms with Crippen LogP contribution in [0.2, 0.25) is 0 Å². The van der Waals surface area contributed by atoms with Crippen LogP contribution in [0.4, 0.5) is 18.4 Å². The quantitative estimate of drug-likeness (QED) is 0.102. The average Bonchev–Trinajstić information content (AvgIpc) is 3.59. The number of likely N-dealkylation sites (tertiary alicyclic amines) is 1. The van der Waals surface area contributed by atoms with Gasteiger partial charge in [0.2, 0.25) is 11.7 Å². The van der Waals surface area contributed by atoms with E-state index in [4.69, 9.17) is 15.2 Å². The third kappa shape index (κ3) is 11.6. The number of esters is 2. The maximum atomic E-state index is 15.0. The van der Waals surface area contributed by atoms with E-state index in [1.54, 1.807) is 54.6 Å². The number of nitrogens with two attached hydrogens (primary N) is 1. The Morgan fingerprint density at radius 2 is 1.51 bits per heavy atom. The summed E-state index contributed by atoms with van der Waals surface area (Å²) < 4.78 is 44.7. The Kier molecular flexibility index (Phi) is 14.6. The number of hydrogen-bond acceptors (Lipinski definition) is 10. The normalized spacial score (nSPS) is 15.6. The van der Waals surface area contributed by atoms with Crippen molar-refractivity contribution in [3.8, 4) is 0 Å². The lowest BCUT2D eigenvalue weighted by molar-refractivity contribution is -0.183. The van der Waals surface area contributed by atoms with Crippen molar-refractivity contribution < 1.29 is 51.8 Å². The summed E-state index contributed by atoms with van der Waals surface area (Å²) in [6.07, 6.45) is -0.256. The summed E-state index contributed by atoms with van der Waals surface area (Å²) in [5, 5.41) is 4.77. The van der Waals surface area contributed by atoms with Crippen molar-refractivity contribution in [2.24, 2.45) is 11.7 Å². The monoisotopic (exact) mass is 688 g/mol. The third-order valence-corrected chi connectivity index (χ3v) is 7.73. The van der Waals surface area contributed by atoms with Crippen molar-refractivity contribution in [2.75, 3.05) is 13.1 Å². The summed E-state index contributed by atoms with van der Waals surface area (Å²) >= 11 is 0. The van der Waals surface area contributed by atoms with Crippen molar-refractivity contribution in [1.82, 2.24) is 15.5 Å². The zero-order valence-electron chi connectivity index (χ0n) is 27.4. The highest BCUT2D eigenvalue weighted by Crippen LogP contribution is 2.24. The van der Waals surface area contributed by atoms with E-state index >= 15 is 8.78 Å². The Morgan fingerprint density at radius 1 is 0.918 bits per heavy atom. The van der Waals surface area contributed by atoms with E-state index in [0.717, 1.165) is 16.0 Å². The first-order valence-electron chi connectivity index (χ1n) is 16.0. The number of nitrogens with zero attached hydrogens (tertiary/aromatic N) is 1. The number of ketones is 1. The number of amides is 3. The predicted molar refractivity (Wildman–Crippen MR) is 171 cm³/mol. The van der Waals surface area contributed by atoms with Gasteiger partial charge < -0.3 is 30.6 Å². The molecule has 4 N–H and O–H groups in total. The highest BCUT2D eigenvalue weighted by atomic mass is 19.3. The second-order valence-electron chi connectivity index (χ2n) is 11.9. The molecule has 0 bridgehead atoms. The SMILES string of the molecule is CC(C)C(NC(=O)C1CCCN1C(=O)OCc1ccccc1)C(=O)C(F)(F)C(=O)OC(=O)[C@@H](N)CCCCNC(=O)OCc1ccccc1. The molecule has 3 rings (SSSR count). The highest BCUT2D eigenvalue weighted by Gasteiger charge is 2.54. The Bertz CT molecular complexity index is 1440. The first-order valence-corrected chi connectivity index (χ1v) is 16.0. The molecule has 2 unspecified atom stereocenters. The van der Waals surface area contributed by atoms with Gasteiger partial charge in [0.05, 0.1) is 6.04 Å². The van der Waals surface area contributed by atoms with E-state index in [1.807, 2.05) is 6.07 Å². The number of halogens is 2. The number of Topliss-reactive ketones (excluding diaryl/α,β-unsaturated/α-hetero) is 1. The molecule has 1 aliphatic rings. The molecule has 3 amide bonds. The molecule has 0 saturated carbocycles.